The van der Waals surface area contributed by atoms with Gasteiger partial charge < -0.3 is 9.84 Å². The number of aromatic nitrogens is 1. The lowest BCUT2D eigenvalue weighted by Gasteiger charge is -2.08. The molecular formula is C15H11ClF3N3O3. The lowest BCUT2D eigenvalue weighted by Crippen LogP contribution is -2.09. The lowest BCUT2D eigenvalue weighted by atomic mass is 10.2. The molecule has 2 rings (SSSR count). The van der Waals surface area contributed by atoms with Crippen molar-refractivity contribution in [1.29, 1.82) is 0 Å². The second kappa shape index (κ2) is 7.84. The molecule has 6 nitrogen and oxygen atoms in total. The van der Waals surface area contributed by atoms with Crippen molar-refractivity contribution in [3.05, 3.63) is 52.7 Å². The molecule has 0 fully saturated rings. The Kier molecular flexibility index (Phi) is 5.81. The largest absolute Gasteiger partial charge is 0.482 e. The number of alkyl halides is 3. The van der Waals surface area contributed by atoms with Crippen LogP contribution in [0.15, 0.2) is 41.6 Å². The van der Waals surface area contributed by atoms with Gasteiger partial charge in [-0.25, -0.2) is 9.78 Å². The van der Waals surface area contributed by atoms with E-state index < -0.39 is 24.3 Å². The Labute approximate surface area is 144 Å². The van der Waals surface area contributed by atoms with Crippen LogP contribution in [0.1, 0.15) is 11.1 Å². The van der Waals surface area contributed by atoms with E-state index >= 15 is 0 Å². The van der Waals surface area contributed by atoms with Gasteiger partial charge in [-0.2, -0.15) is 18.3 Å². The van der Waals surface area contributed by atoms with Crippen molar-refractivity contribution in [3.63, 3.8) is 0 Å². The Morgan fingerprint density at radius 2 is 2.04 bits per heavy atom. The highest BCUT2D eigenvalue weighted by molar-refractivity contribution is 6.32. The zero-order valence-corrected chi connectivity index (χ0v) is 13.2. The third kappa shape index (κ3) is 5.64. The number of halogens is 4. The van der Waals surface area contributed by atoms with Gasteiger partial charge in [-0.1, -0.05) is 11.6 Å². The normalized spacial score (nSPS) is 11.5. The first-order valence-corrected chi connectivity index (χ1v) is 7.10. The van der Waals surface area contributed by atoms with Crippen molar-refractivity contribution in [1.82, 2.24) is 4.98 Å². The van der Waals surface area contributed by atoms with E-state index in [1.54, 1.807) is 24.3 Å². The van der Waals surface area contributed by atoms with E-state index in [1.165, 1.54) is 6.21 Å². The molecule has 0 amide bonds. The fourth-order valence-electron chi connectivity index (χ4n) is 1.64. The zero-order valence-electron chi connectivity index (χ0n) is 12.4. The lowest BCUT2D eigenvalue weighted by molar-refractivity contribution is -0.139. The molecule has 0 aliphatic carbocycles. The first-order valence-electron chi connectivity index (χ1n) is 6.72. The van der Waals surface area contributed by atoms with E-state index in [1.807, 2.05) is 0 Å². The second-order valence-electron chi connectivity index (χ2n) is 4.67. The van der Waals surface area contributed by atoms with Crippen LogP contribution >= 0.6 is 11.6 Å². The number of hydrazone groups is 1. The minimum Gasteiger partial charge on any atom is -0.482 e. The number of carboxylic acid groups (broad SMARTS) is 1. The zero-order chi connectivity index (χ0) is 18.4. The average Bonchev–Trinajstić information content (AvgIpc) is 2.54. The molecule has 0 radical (unpaired) electrons. The highest BCUT2D eigenvalue weighted by Crippen LogP contribution is 2.32. The number of hydrogen-bond acceptors (Lipinski definition) is 5. The molecule has 2 N–H and O–H groups in total. The van der Waals surface area contributed by atoms with E-state index in [4.69, 9.17) is 21.4 Å². The van der Waals surface area contributed by atoms with Crippen molar-refractivity contribution in [3.8, 4) is 5.75 Å². The van der Waals surface area contributed by atoms with Crippen LogP contribution in [0.2, 0.25) is 5.02 Å². The Bertz CT molecular complexity index is 780. The maximum absolute atomic E-state index is 12.5. The predicted octanol–water partition coefficient (Wildman–Crippen LogP) is 3.66. The fraction of sp³-hybridized carbons (Fsp3) is 0.133. The van der Waals surface area contributed by atoms with Crippen molar-refractivity contribution in [2.24, 2.45) is 5.10 Å². The van der Waals surface area contributed by atoms with Crippen LogP contribution in [0, 0.1) is 0 Å². The minimum absolute atomic E-state index is 0.0210. The number of ether oxygens (including phenoxy) is 1. The fourth-order valence-corrected chi connectivity index (χ4v) is 1.85. The summed E-state index contributed by atoms with van der Waals surface area (Å²) in [5.74, 6) is -0.733. The average molecular weight is 374 g/mol. The highest BCUT2D eigenvalue weighted by atomic mass is 35.5. The number of benzene rings is 1. The number of anilines is 1. The van der Waals surface area contributed by atoms with Gasteiger partial charge in [-0.15, -0.1) is 0 Å². The van der Waals surface area contributed by atoms with E-state index in [9.17, 15) is 18.0 Å². The molecule has 0 aliphatic heterocycles. The number of rotatable bonds is 6. The molecule has 1 aromatic heterocycles. The third-order valence-corrected chi connectivity index (χ3v) is 3.08. The number of carbonyl (C=O) groups is 1. The number of pyridine rings is 1. The molecule has 1 aromatic carbocycles. The van der Waals surface area contributed by atoms with Gasteiger partial charge in [0.2, 0.25) is 0 Å². The molecule has 1 heterocycles. The molecular weight excluding hydrogens is 363 g/mol. The summed E-state index contributed by atoms with van der Waals surface area (Å²) >= 11 is 5.73. The molecule has 10 heteroatoms. The summed E-state index contributed by atoms with van der Waals surface area (Å²) in [6, 6.07) is 7.08. The molecule has 0 saturated carbocycles. The monoisotopic (exact) mass is 373 g/mol. The van der Waals surface area contributed by atoms with Gasteiger partial charge in [-0.3, -0.25) is 5.43 Å². The predicted molar refractivity (Wildman–Crippen MR) is 85.0 cm³/mol. The maximum Gasteiger partial charge on any atom is 0.417 e. The highest BCUT2D eigenvalue weighted by Gasteiger charge is 2.31. The Hall–Kier alpha value is -2.81. The summed E-state index contributed by atoms with van der Waals surface area (Å²) in [5.41, 5.74) is 2.13. The number of aliphatic carboxylic acids is 1. The smallest absolute Gasteiger partial charge is 0.417 e. The van der Waals surface area contributed by atoms with Crippen molar-refractivity contribution in [2.75, 3.05) is 12.0 Å². The molecule has 0 atom stereocenters. The second-order valence-corrected chi connectivity index (χ2v) is 5.08. The SMILES string of the molecule is O=C(O)COc1ccc(/C=N\Nc2ncc(C(F)(F)F)cc2Cl)cc1. The molecule has 0 spiro atoms. The van der Waals surface area contributed by atoms with Crippen LogP contribution < -0.4 is 10.2 Å². The quantitative estimate of drug-likeness (QED) is 0.596. The first kappa shape index (κ1) is 18.5. The van der Waals surface area contributed by atoms with E-state index in [0.717, 1.165) is 6.07 Å². The van der Waals surface area contributed by atoms with Gasteiger partial charge in [0.25, 0.3) is 0 Å². The van der Waals surface area contributed by atoms with Gasteiger partial charge in [0.1, 0.15) is 5.75 Å². The molecule has 25 heavy (non-hydrogen) atoms. The molecule has 0 bridgehead atoms. The van der Waals surface area contributed by atoms with Gasteiger partial charge in [-0.05, 0) is 35.9 Å². The number of hydrogen-bond donors (Lipinski definition) is 2. The van der Waals surface area contributed by atoms with Crippen LogP contribution in [0.25, 0.3) is 0 Å². The standard InChI is InChI=1S/C15H11ClF3N3O3/c16-12-5-10(15(17,18)19)7-20-14(12)22-21-6-9-1-3-11(4-2-9)25-8-13(23)24/h1-7H,8H2,(H,20,22)(H,23,24)/b21-6-. The topological polar surface area (TPSA) is 83.8 Å². The van der Waals surface area contributed by atoms with Gasteiger partial charge >= 0.3 is 12.1 Å². The maximum atomic E-state index is 12.5. The summed E-state index contributed by atoms with van der Waals surface area (Å²) < 4.78 is 42.5. The van der Waals surface area contributed by atoms with E-state index in [-0.39, 0.29) is 10.8 Å². The Morgan fingerprint density at radius 1 is 1.36 bits per heavy atom. The van der Waals surface area contributed by atoms with Crippen LogP contribution in [0.4, 0.5) is 19.0 Å². The Balaban J connectivity index is 1.98. The van der Waals surface area contributed by atoms with Crippen LogP contribution in [-0.2, 0) is 11.0 Å². The summed E-state index contributed by atoms with van der Waals surface area (Å²) in [5, 5.41) is 12.1. The van der Waals surface area contributed by atoms with E-state index in [2.05, 4.69) is 15.5 Å². The summed E-state index contributed by atoms with van der Waals surface area (Å²) in [6.07, 6.45) is -2.49. The summed E-state index contributed by atoms with van der Waals surface area (Å²) in [4.78, 5) is 14.0. The van der Waals surface area contributed by atoms with Gasteiger partial charge in [0.15, 0.2) is 12.4 Å². The third-order valence-electron chi connectivity index (χ3n) is 2.79. The molecule has 132 valence electrons. The first-order chi connectivity index (χ1) is 11.8. The minimum atomic E-state index is -4.52. The van der Waals surface area contributed by atoms with Crippen LogP contribution in [0.5, 0.6) is 5.75 Å². The van der Waals surface area contributed by atoms with Crippen molar-refractivity contribution < 1.29 is 27.8 Å². The number of nitrogens with one attached hydrogen (secondary N) is 1. The summed E-state index contributed by atoms with van der Waals surface area (Å²) in [7, 11) is 0. The number of carboxylic acids is 1. The Morgan fingerprint density at radius 3 is 2.60 bits per heavy atom. The van der Waals surface area contributed by atoms with Crippen LogP contribution in [-0.4, -0.2) is 28.9 Å². The van der Waals surface area contributed by atoms with Crippen molar-refractivity contribution in [2.45, 2.75) is 6.18 Å². The summed E-state index contributed by atoms with van der Waals surface area (Å²) in [6.45, 7) is -0.451. The van der Waals surface area contributed by atoms with Crippen LogP contribution in [0.3, 0.4) is 0 Å². The molecule has 0 saturated heterocycles. The molecule has 0 unspecified atom stereocenters. The van der Waals surface area contributed by atoms with Crippen molar-refractivity contribution >= 4 is 29.6 Å². The van der Waals surface area contributed by atoms with Gasteiger partial charge in [0.05, 0.1) is 16.8 Å². The number of nitrogens with zero attached hydrogens (tertiary/aromatic N) is 2. The van der Waals surface area contributed by atoms with Gasteiger partial charge in [0, 0.05) is 6.20 Å². The molecule has 0 aliphatic rings. The van der Waals surface area contributed by atoms with E-state index in [0.29, 0.717) is 17.5 Å². The molecule has 2 aromatic rings.